The summed E-state index contributed by atoms with van der Waals surface area (Å²) in [6.45, 7) is 2.60. The number of rotatable bonds is 3. The quantitative estimate of drug-likeness (QED) is 0.848. The van der Waals surface area contributed by atoms with E-state index in [1.165, 1.54) is 10.5 Å². The number of hydrogen-bond donors (Lipinski definition) is 1. The monoisotopic (exact) mass is 247 g/mol. The van der Waals surface area contributed by atoms with Crippen LogP contribution in [0.15, 0.2) is 29.2 Å². The second-order valence-corrected chi connectivity index (χ2v) is 4.86. The lowest BCUT2D eigenvalue weighted by Gasteiger charge is -2.01. The van der Waals surface area contributed by atoms with E-state index in [9.17, 15) is 0 Å². The van der Waals surface area contributed by atoms with E-state index in [0.717, 1.165) is 17.0 Å². The second kappa shape index (κ2) is 4.94. The Morgan fingerprint density at radius 1 is 1.29 bits per heavy atom. The summed E-state index contributed by atoms with van der Waals surface area (Å²) in [5.74, 6) is 0. The summed E-state index contributed by atoms with van der Waals surface area (Å²) < 4.78 is 1.87. The summed E-state index contributed by atoms with van der Waals surface area (Å²) in [7, 11) is 1.94. The number of nitrogens with zero attached hydrogens (tertiary/aromatic N) is 2. The molecule has 0 unspecified atom stereocenters. The molecule has 2 rings (SSSR count). The Hall–Kier alpha value is -1.26. The Bertz CT molecular complexity index is 514. The molecule has 0 aliphatic carbocycles. The van der Waals surface area contributed by atoms with Gasteiger partial charge in [0.1, 0.15) is 0 Å². The molecule has 1 aromatic heterocycles. The maximum absolute atomic E-state index is 5.72. The molecule has 0 aliphatic rings. The molecule has 1 aromatic carbocycles. The van der Waals surface area contributed by atoms with Crippen LogP contribution in [0.5, 0.6) is 0 Å². The highest BCUT2D eigenvalue weighted by Gasteiger charge is 2.12. The van der Waals surface area contributed by atoms with Crippen LogP contribution in [-0.2, 0) is 13.6 Å². The van der Waals surface area contributed by atoms with Crippen LogP contribution in [0.4, 0.5) is 0 Å². The Morgan fingerprint density at radius 2 is 1.94 bits per heavy atom. The first-order valence-electron chi connectivity index (χ1n) is 5.54. The normalized spacial score (nSPS) is 10.8. The van der Waals surface area contributed by atoms with Gasteiger partial charge in [-0.15, -0.1) is 11.8 Å². The molecule has 0 fully saturated rings. The van der Waals surface area contributed by atoms with Crippen molar-refractivity contribution in [3.63, 3.8) is 0 Å². The van der Waals surface area contributed by atoms with Crippen LogP contribution in [0.25, 0.3) is 11.3 Å². The van der Waals surface area contributed by atoms with Gasteiger partial charge in [0.15, 0.2) is 0 Å². The van der Waals surface area contributed by atoms with Crippen LogP contribution < -0.4 is 5.73 Å². The topological polar surface area (TPSA) is 43.8 Å². The Balaban J connectivity index is 2.45. The van der Waals surface area contributed by atoms with Crippen molar-refractivity contribution < 1.29 is 0 Å². The third-order valence-corrected chi connectivity index (χ3v) is 3.73. The first-order chi connectivity index (χ1) is 8.17. The first kappa shape index (κ1) is 12.2. The van der Waals surface area contributed by atoms with Crippen LogP contribution in [0.3, 0.4) is 0 Å². The van der Waals surface area contributed by atoms with Crippen LogP contribution in [0.2, 0.25) is 0 Å². The average Bonchev–Trinajstić information content (AvgIpc) is 2.64. The standard InChI is InChI=1S/C13H17N3S/c1-9-12(8-14)16(2)15-13(9)10-4-6-11(17-3)7-5-10/h4-7H,8,14H2,1-3H3. The van der Waals surface area contributed by atoms with Gasteiger partial charge in [0.05, 0.1) is 11.4 Å². The SMILES string of the molecule is CSc1ccc(-c2nn(C)c(CN)c2C)cc1. The molecule has 0 atom stereocenters. The molecule has 0 amide bonds. The fourth-order valence-corrected chi connectivity index (χ4v) is 2.38. The van der Waals surface area contributed by atoms with Gasteiger partial charge in [0, 0.05) is 24.1 Å². The molecule has 17 heavy (non-hydrogen) atoms. The molecular weight excluding hydrogens is 230 g/mol. The van der Waals surface area contributed by atoms with E-state index < -0.39 is 0 Å². The molecule has 0 saturated heterocycles. The van der Waals surface area contributed by atoms with E-state index in [1.807, 2.05) is 11.7 Å². The highest BCUT2D eigenvalue weighted by molar-refractivity contribution is 7.98. The van der Waals surface area contributed by atoms with Crippen molar-refractivity contribution in [1.82, 2.24) is 9.78 Å². The van der Waals surface area contributed by atoms with Gasteiger partial charge in [-0.05, 0) is 30.9 Å². The van der Waals surface area contributed by atoms with Gasteiger partial charge in [-0.25, -0.2) is 0 Å². The van der Waals surface area contributed by atoms with Gasteiger partial charge in [-0.1, -0.05) is 12.1 Å². The Morgan fingerprint density at radius 3 is 2.41 bits per heavy atom. The third-order valence-electron chi connectivity index (χ3n) is 2.99. The predicted octanol–water partition coefficient (Wildman–Crippen LogP) is 2.58. The number of aromatic nitrogens is 2. The first-order valence-corrected chi connectivity index (χ1v) is 6.76. The molecular formula is C13H17N3S. The zero-order valence-electron chi connectivity index (χ0n) is 10.4. The lowest BCUT2D eigenvalue weighted by atomic mass is 10.1. The van der Waals surface area contributed by atoms with Crippen molar-refractivity contribution in [2.75, 3.05) is 6.26 Å². The minimum atomic E-state index is 0.526. The van der Waals surface area contributed by atoms with Gasteiger partial charge in [0.25, 0.3) is 0 Å². The van der Waals surface area contributed by atoms with Gasteiger partial charge < -0.3 is 5.73 Å². The summed E-state index contributed by atoms with van der Waals surface area (Å²) >= 11 is 1.74. The zero-order chi connectivity index (χ0) is 12.4. The van der Waals surface area contributed by atoms with Crippen molar-refractivity contribution >= 4 is 11.8 Å². The highest BCUT2D eigenvalue weighted by Crippen LogP contribution is 2.26. The van der Waals surface area contributed by atoms with E-state index in [0.29, 0.717) is 6.54 Å². The number of hydrogen-bond acceptors (Lipinski definition) is 3. The van der Waals surface area contributed by atoms with E-state index in [1.54, 1.807) is 11.8 Å². The smallest absolute Gasteiger partial charge is 0.0955 e. The predicted molar refractivity (Wildman–Crippen MR) is 73.1 cm³/mol. The maximum atomic E-state index is 5.72. The lowest BCUT2D eigenvalue weighted by molar-refractivity contribution is 0.712. The number of benzene rings is 1. The van der Waals surface area contributed by atoms with Crippen molar-refractivity contribution in [3.05, 3.63) is 35.5 Å². The van der Waals surface area contributed by atoms with Crippen molar-refractivity contribution in [1.29, 1.82) is 0 Å². The van der Waals surface area contributed by atoms with E-state index in [-0.39, 0.29) is 0 Å². The molecule has 0 aliphatic heterocycles. The second-order valence-electron chi connectivity index (χ2n) is 3.98. The van der Waals surface area contributed by atoms with Gasteiger partial charge in [-0.3, -0.25) is 4.68 Å². The van der Waals surface area contributed by atoms with Crippen molar-refractivity contribution in [2.45, 2.75) is 18.4 Å². The van der Waals surface area contributed by atoms with Gasteiger partial charge >= 0.3 is 0 Å². The van der Waals surface area contributed by atoms with Crippen LogP contribution in [-0.4, -0.2) is 16.0 Å². The molecule has 90 valence electrons. The lowest BCUT2D eigenvalue weighted by Crippen LogP contribution is -2.05. The van der Waals surface area contributed by atoms with E-state index >= 15 is 0 Å². The number of nitrogens with two attached hydrogens (primary N) is 1. The molecule has 0 saturated carbocycles. The highest BCUT2D eigenvalue weighted by atomic mass is 32.2. The molecule has 0 bridgehead atoms. The largest absolute Gasteiger partial charge is 0.325 e. The number of thioether (sulfide) groups is 1. The summed E-state index contributed by atoms with van der Waals surface area (Å²) in [6.07, 6.45) is 2.08. The summed E-state index contributed by atoms with van der Waals surface area (Å²) in [6, 6.07) is 8.47. The summed E-state index contributed by atoms with van der Waals surface area (Å²) in [4.78, 5) is 1.27. The molecule has 2 N–H and O–H groups in total. The molecule has 4 heteroatoms. The van der Waals surface area contributed by atoms with Crippen molar-refractivity contribution in [3.8, 4) is 11.3 Å². The zero-order valence-corrected chi connectivity index (χ0v) is 11.2. The van der Waals surface area contributed by atoms with Crippen molar-refractivity contribution in [2.24, 2.45) is 12.8 Å². The molecule has 3 nitrogen and oxygen atoms in total. The summed E-state index contributed by atoms with van der Waals surface area (Å²) in [5, 5.41) is 4.54. The molecule has 0 radical (unpaired) electrons. The third kappa shape index (κ3) is 2.23. The number of aryl methyl sites for hydroxylation is 1. The minimum absolute atomic E-state index is 0.526. The molecule has 0 spiro atoms. The van der Waals surface area contributed by atoms with Crippen LogP contribution in [0, 0.1) is 6.92 Å². The van der Waals surface area contributed by atoms with E-state index in [2.05, 4.69) is 42.5 Å². The fraction of sp³-hybridized carbons (Fsp3) is 0.308. The van der Waals surface area contributed by atoms with Crippen LogP contribution >= 0.6 is 11.8 Å². The van der Waals surface area contributed by atoms with E-state index in [4.69, 9.17) is 5.73 Å². The minimum Gasteiger partial charge on any atom is -0.325 e. The van der Waals surface area contributed by atoms with Gasteiger partial charge in [-0.2, -0.15) is 5.10 Å². The average molecular weight is 247 g/mol. The van der Waals surface area contributed by atoms with Crippen LogP contribution in [0.1, 0.15) is 11.3 Å². The summed E-state index contributed by atoms with van der Waals surface area (Å²) in [5.41, 5.74) is 10.2. The fourth-order valence-electron chi connectivity index (χ4n) is 1.97. The Kier molecular flexibility index (Phi) is 3.54. The molecule has 1 heterocycles. The van der Waals surface area contributed by atoms with Gasteiger partial charge in [0.2, 0.25) is 0 Å². The Labute approximate surface area is 106 Å². The molecule has 2 aromatic rings. The maximum Gasteiger partial charge on any atom is 0.0955 e.